The summed E-state index contributed by atoms with van der Waals surface area (Å²) < 4.78 is 1.55. The van der Waals surface area contributed by atoms with Crippen molar-refractivity contribution in [3.05, 3.63) is 59.4 Å². The van der Waals surface area contributed by atoms with Gasteiger partial charge in [-0.25, -0.2) is 4.68 Å². The summed E-state index contributed by atoms with van der Waals surface area (Å²) in [6, 6.07) is 12.6. The van der Waals surface area contributed by atoms with Crippen molar-refractivity contribution < 1.29 is 9.59 Å². The van der Waals surface area contributed by atoms with Crippen LogP contribution >= 0.6 is 11.6 Å². The van der Waals surface area contributed by atoms with Crippen LogP contribution in [0.25, 0.3) is 5.69 Å². The van der Waals surface area contributed by atoms with Crippen LogP contribution in [0.2, 0.25) is 5.02 Å². The summed E-state index contributed by atoms with van der Waals surface area (Å²) in [5, 5.41) is 14.5. The van der Waals surface area contributed by atoms with Crippen LogP contribution < -0.4 is 10.2 Å². The quantitative estimate of drug-likeness (QED) is 0.731. The highest BCUT2D eigenvalue weighted by molar-refractivity contribution is 6.33. The van der Waals surface area contributed by atoms with E-state index in [1.807, 2.05) is 25.1 Å². The largest absolute Gasteiger partial charge is 0.326 e. The van der Waals surface area contributed by atoms with Crippen molar-refractivity contribution in [1.82, 2.24) is 20.2 Å². The molecule has 2 aromatic carbocycles. The molecule has 1 aromatic heterocycles. The Kier molecular flexibility index (Phi) is 4.79. The predicted molar refractivity (Wildman–Crippen MR) is 104 cm³/mol. The Morgan fingerprint density at radius 3 is 2.75 bits per heavy atom. The van der Waals surface area contributed by atoms with Crippen LogP contribution in [0.4, 0.5) is 11.4 Å². The normalized spacial score (nSPS) is 16.4. The number of benzene rings is 2. The van der Waals surface area contributed by atoms with Crippen molar-refractivity contribution in [3.8, 4) is 5.69 Å². The zero-order valence-corrected chi connectivity index (χ0v) is 15.8. The number of hydrogen-bond acceptors (Lipinski definition) is 5. The molecule has 2 amide bonds. The van der Waals surface area contributed by atoms with E-state index in [9.17, 15) is 9.59 Å². The highest BCUT2D eigenvalue weighted by atomic mass is 35.5. The molecule has 3 aromatic rings. The summed E-state index contributed by atoms with van der Waals surface area (Å²) >= 11 is 6.19. The Morgan fingerprint density at radius 1 is 1.21 bits per heavy atom. The summed E-state index contributed by atoms with van der Waals surface area (Å²) in [5.74, 6) is -0.751. The fraction of sp³-hybridized carbons (Fsp3) is 0.211. The smallest absolute Gasteiger partial charge is 0.229 e. The number of nitrogens with one attached hydrogen (secondary N) is 1. The van der Waals surface area contributed by atoms with Crippen molar-refractivity contribution in [3.63, 3.8) is 0 Å². The van der Waals surface area contributed by atoms with E-state index < -0.39 is 5.92 Å². The molecular formula is C19H17ClN6O2. The number of aromatic nitrogens is 4. The van der Waals surface area contributed by atoms with Gasteiger partial charge in [0, 0.05) is 18.7 Å². The molecule has 0 saturated carbocycles. The highest BCUT2D eigenvalue weighted by Gasteiger charge is 2.35. The minimum Gasteiger partial charge on any atom is -0.326 e. The Labute approximate surface area is 166 Å². The third kappa shape index (κ3) is 3.46. The first-order chi connectivity index (χ1) is 13.5. The molecule has 1 unspecified atom stereocenters. The lowest BCUT2D eigenvalue weighted by Gasteiger charge is -2.18. The monoisotopic (exact) mass is 396 g/mol. The lowest BCUT2D eigenvalue weighted by atomic mass is 10.1. The zero-order valence-electron chi connectivity index (χ0n) is 15.0. The van der Waals surface area contributed by atoms with Crippen LogP contribution in [0, 0.1) is 12.8 Å². The molecular weight excluding hydrogens is 380 g/mol. The van der Waals surface area contributed by atoms with Gasteiger partial charge in [-0.1, -0.05) is 23.7 Å². The number of amides is 2. The van der Waals surface area contributed by atoms with Gasteiger partial charge in [0.05, 0.1) is 22.3 Å². The molecule has 0 radical (unpaired) electrons. The van der Waals surface area contributed by atoms with Crippen molar-refractivity contribution in [2.75, 3.05) is 16.8 Å². The van der Waals surface area contributed by atoms with Gasteiger partial charge in [-0.15, -0.1) is 5.10 Å². The van der Waals surface area contributed by atoms with Crippen molar-refractivity contribution >= 4 is 34.8 Å². The maximum absolute atomic E-state index is 12.7. The maximum Gasteiger partial charge on any atom is 0.229 e. The second-order valence-electron chi connectivity index (χ2n) is 6.60. The first kappa shape index (κ1) is 18.1. The third-order valence-electron chi connectivity index (χ3n) is 4.70. The first-order valence-electron chi connectivity index (χ1n) is 8.72. The van der Waals surface area contributed by atoms with Crippen molar-refractivity contribution in [1.29, 1.82) is 0 Å². The number of aryl methyl sites for hydroxylation is 1. The molecule has 2 heterocycles. The summed E-state index contributed by atoms with van der Waals surface area (Å²) in [7, 11) is 0. The first-order valence-corrected chi connectivity index (χ1v) is 9.10. The van der Waals surface area contributed by atoms with E-state index in [2.05, 4.69) is 20.8 Å². The van der Waals surface area contributed by atoms with Crippen LogP contribution in [0.5, 0.6) is 0 Å². The minimum atomic E-state index is -0.441. The van der Waals surface area contributed by atoms with Gasteiger partial charge in [0.25, 0.3) is 0 Å². The third-order valence-corrected chi connectivity index (χ3v) is 5.02. The summed E-state index contributed by atoms with van der Waals surface area (Å²) in [4.78, 5) is 26.6. The highest BCUT2D eigenvalue weighted by Crippen LogP contribution is 2.31. The van der Waals surface area contributed by atoms with E-state index >= 15 is 0 Å². The number of halogens is 1. The molecule has 0 spiro atoms. The standard InChI is InChI=1S/C19H17ClN6O2/c1-12-8-14(6-7-16(12)26-11-21-23-24-26)22-19(28)13-9-18(27)25(10-13)17-5-3-2-4-15(17)20/h2-8,11,13H,9-10H2,1H3,(H,22,28). The van der Waals surface area contributed by atoms with Crippen LogP contribution in [-0.4, -0.2) is 38.6 Å². The fourth-order valence-corrected chi connectivity index (χ4v) is 3.53. The minimum absolute atomic E-state index is 0.113. The molecule has 142 valence electrons. The molecule has 1 atom stereocenters. The van der Waals surface area contributed by atoms with Crippen LogP contribution in [0.3, 0.4) is 0 Å². The lowest BCUT2D eigenvalue weighted by molar-refractivity contribution is -0.122. The van der Waals surface area contributed by atoms with Gasteiger partial charge in [-0.05, 0) is 53.2 Å². The number of carbonyl (C=O) groups is 2. The van der Waals surface area contributed by atoms with Crippen molar-refractivity contribution in [2.45, 2.75) is 13.3 Å². The van der Waals surface area contributed by atoms with Crippen LogP contribution in [0.1, 0.15) is 12.0 Å². The molecule has 1 aliphatic heterocycles. The van der Waals surface area contributed by atoms with Gasteiger partial charge < -0.3 is 10.2 Å². The molecule has 0 aliphatic carbocycles. The van der Waals surface area contributed by atoms with Gasteiger partial charge >= 0.3 is 0 Å². The van der Waals surface area contributed by atoms with Gasteiger partial charge in [-0.2, -0.15) is 0 Å². The maximum atomic E-state index is 12.7. The number of para-hydroxylation sites is 1. The molecule has 28 heavy (non-hydrogen) atoms. The summed E-state index contributed by atoms with van der Waals surface area (Å²) in [5.41, 5.74) is 3.02. The summed E-state index contributed by atoms with van der Waals surface area (Å²) in [6.07, 6.45) is 1.66. The molecule has 1 N–H and O–H groups in total. The number of carbonyl (C=O) groups excluding carboxylic acids is 2. The molecule has 4 rings (SSSR count). The Balaban J connectivity index is 1.47. The Bertz CT molecular complexity index is 1040. The van der Waals surface area contributed by atoms with E-state index in [1.54, 1.807) is 33.8 Å². The topological polar surface area (TPSA) is 93.0 Å². The number of rotatable bonds is 4. The average Bonchev–Trinajstić information content (AvgIpc) is 3.32. The zero-order chi connectivity index (χ0) is 19.7. The Morgan fingerprint density at radius 2 is 2.04 bits per heavy atom. The molecule has 1 fully saturated rings. The van der Waals surface area contributed by atoms with E-state index in [0.29, 0.717) is 22.9 Å². The van der Waals surface area contributed by atoms with Gasteiger partial charge in [0.1, 0.15) is 6.33 Å². The number of hydrogen-bond donors (Lipinski definition) is 1. The second kappa shape index (κ2) is 7.40. The molecule has 1 aliphatic rings. The number of tetrazole rings is 1. The van der Waals surface area contributed by atoms with E-state index in [4.69, 9.17) is 11.6 Å². The van der Waals surface area contributed by atoms with E-state index in [1.165, 1.54) is 6.33 Å². The van der Waals surface area contributed by atoms with Gasteiger partial charge in [0.2, 0.25) is 11.8 Å². The molecule has 0 bridgehead atoms. The summed E-state index contributed by atoms with van der Waals surface area (Å²) in [6.45, 7) is 2.21. The second-order valence-corrected chi connectivity index (χ2v) is 7.01. The average molecular weight is 397 g/mol. The SMILES string of the molecule is Cc1cc(NC(=O)C2CC(=O)N(c3ccccc3Cl)C2)ccc1-n1cnnn1. The lowest BCUT2D eigenvalue weighted by Crippen LogP contribution is -2.28. The van der Waals surface area contributed by atoms with Crippen LogP contribution in [-0.2, 0) is 9.59 Å². The van der Waals surface area contributed by atoms with Gasteiger partial charge in [-0.3, -0.25) is 9.59 Å². The predicted octanol–water partition coefficient (Wildman–Crippen LogP) is 2.62. The van der Waals surface area contributed by atoms with E-state index in [0.717, 1.165) is 11.3 Å². The fourth-order valence-electron chi connectivity index (χ4n) is 3.29. The van der Waals surface area contributed by atoms with Crippen molar-refractivity contribution in [2.24, 2.45) is 5.92 Å². The molecule has 9 heteroatoms. The molecule has 1 saturated heterocycles. The number of anilines is 2. The van der Waals surface area contributed by atoms with Gasteiger partial charge in [0.15, 0.2) is 0 Å². The Hall–Kier alpha value is -3.26. The van der Waals surface area contributed by atoms with Crippen LogP contribution in [0.15, 0.2) is 48.8 Å². The van der Waals surface area contributed by atoms with E-state index in [-0.39, 0.29) is 18.2 Å². The number of nitrogens with zero attached hydrogens (tertiary/aromatic N) is 5. The molecule has 8 nitrogen and oxygen atoms in total.